The van der Waals surface area contributed by atoms with Crippen molar-refractivity contribution in [2.24, 2.45) is 0 Å². The van der Waals surface area contributed by atoms with Gasteiger partial charge in [-0.05, 0) is 23.8 Å². The summed E-state index contributed by atoms with van der Waals surface area (Å²) < 4.78 is 6.53. The van der Waals surface area contributed by atoms with Crippen LogP contribution in [-0.4, -0.2) is 26.0 Å². The smallest absolute Gasteiger partial charge is 0.150 e. The highest BCUT2D eigenvalue weighted by Crippen LogP contribution is 2.23. The fraction of sp³-hybridized carbons (Fsp3) is 0.364. The number of benzene rings is 1. The van der Waals surface area contributed by atoms with E-state index in [4.69, 9.17) is 4.74 Å². The standard InChI is InChI=1S/C11H12BrNO2/c12-10-4-8(7-14)3-9(5-10)11-6-13-1-2-15-11/h3-5,7,11,13H,1-2,6H2. The van der Waals surface area contributed by atoms with E-state index in [1.807, 2.05) is 12.1 Å². The van der Waals surface area contributed by atoms with E-state index in [1.54, 1.807) is 6.07 Å². The van der Waals surface area contributed by atoms with Gasteiger partial charge in [-0.1, -0.05) is 15.9 Å². The highest BCUT2D eigenvalue weighted by atomic mass is 79.9. The van der Waals surface area contributed by atoms with E-state index in [9.17, 15) is 4.79 Å². The molecule has 1 aromatic rings. The molecule has 2 rings (SSSR count). The van der Waals surface area contributed by atoms with Gasteiger partial charge in [-0.25, -0.2) is 0 Å². The van der Waals surface area contributed by atoms with Crippen LogP contribution in [0.3, 0.4) is 0 Å². The lowest BCUT2D eigenvalue weighted by atomic mass is 10.1. The number of carbonyl (C=O) groups excluding carboxylic acids is 1. The van der Waals surface area contributed by atoms with E-state index in [2.05, 4.69) is 21.2 Å². The molecule has 1 fully saturated rings. The zero-order chi connectivity index (χ0) is 10.7. The minimum atomic E-state index is 0.0509. The maximum Gasteiger partial charge on any atom is 0.150 e. The number of morpholine rings is 1. The molecule has 0 bridgehead atoms. The number of hydrogen-bond acceptors (Lipinski definition) is 3. The molecule has 0 spiro atoms. The Morgan fingerprint density at radius 1 is 1.47 bits per heavy atom. The second-order valence-corrected chi connectivity index (χ2v) is 4.41. The third kappa shape index (κ3) is 2.65. The molecular weight excluding hydrogens is 258 g/mol. The van der Waals surface area contributed by atoms with Crippen LogP contribution in [0.2, 0.25) is 0 Å². The Kier molecular flexibility index (Phi) is 3.51. The van der Waals surface area contributed by atoms with Gasteiger partial charge in [0.2, 0.25) is 0 Å². The molecule has 1 aliphatic rings. The quantitative estimate of drug-likeness (QED) is 0.834. The first-order chi connectivity index (χ1) is 7.29. The van der Waals surface area contributed by atoms with Gasteiger partial charge in [0.1, 0.15) is 6.29 Å². The number of rotatable bonds is 2. The molecule has 0 amide bonds. The Labute approximate surface area is 96.9 Å². The molecule has 15 heavy (non-hydrogen) atoms. The number of nitrogens with one attached hydrogen (secondary N) is 1. The summed E-state index contributed by atoms with van der Waals surface area (Å²) in [5.41, 5.74) is 1.72. The highest BCUT2D eigenvalue weighted by molar-refractivity contribution is 9.10. The molecule has 1 saturated heterocycles. The van der Waals surface area contributed by atoms with Crippen molar-refractivity contribution in [2.75, 3.05) is 19.7 Å². The van der Waals surface area contributed by atoms with Crippen LogP contribution in [0.4, 0.5) is 0 Å². The van der Waals surface area contributed by atoms with Crippen LogP contribution in [0, 0.1) is 0 Å². The molecule has 1 heterocycles. The Balaban J connectivity index is 2.25. The predicted molar refractivity (Wildman–Crippen MR) is 61.1 cm³/mol. The molecule has 1 unspecified atom stereocenters. The van der Waals surface area contributed by atoms with Crippen molar-refractivity contribution in [2.45, 2.75) is 6.10 Å². The van der Waals surface area contributed by atoms with Crippen LogP contribution < -0.4 is 5.32 Å². The van der Waals surface area contributed by atoms with Gasteiger partial charge in [0, 0.05) is 23.1 Å². The SMILES string of the molecule is O=Cc1cc(Br)cc(C2CNCCO2)c1. The molecule has 1 N–H and O–H groups in total. The lowest BCUT2D eigenvalue weighted by Crippen LogP contribution is -2.33. The summed E-state index contributed by atoms with van der Waals surface area (Å²) >= 11 is 3.39. The fourth-order valence-corrected chi connectivity index (χ4v) is 2.20. The Morgan fingerprint density at radius 2 is 2.33 bits per heavy atom. The number of halogens is 1. The molecule has 4 heteroatoms. The van der Waals surface area contributed by atoms with E-state index >= 15 is 0 Å². The summed E-state index contributed by atoms with van der Waals surface area (Å²) in [6.07, 6.45) is 0.903. The molecule has 1 atom stereocenters. The van der Waals surface area contributed by atoms with Crippen LogP contribution in [0.5, 0.6) is 0 Å². The molecule has 3 nitrogen and oxygen atoms in total. The zero-order valence-corrected chi connectivity index (χ0v) is 9.79. The summed E-state index contributed by atoms with van der Waals surface area (Å²) in [6.45, 7) is 2.41. The minimum Gasteiger partial charge on any atom is -0.371 e. The van der Waals surface area contributed by atoms with E-state index in [0.29, 0.717) is 12.2 Å². The van der Waals surface area contributed by atoms with Crippen LogP contribution in [0.25, 0.3) is 0 Å². The van der Waals surface area contributed by atoms with Crippen molar-refractivity contribution < 1.29 is 9.53 Å². The first-order valence-corrected chi connectivity index (χ1v) is 5.67. The number of hydrogen-bond donors (Lipinski definition) is 1. The molecule has 0 aromatic heterocycles. The summed E-state index contributed by atoms with van der Waals surface area (Å²) in [7, 11) is 0. The second kappa shape index (κ2) is 4.88. The maximum atomic E-state index is 10.7. The van der Waals surface area contributed by atoms with Crippen molar-refractivity contribution in [1.82, 2.24) is 5.32 Å². The molecule has 0 saturated carbocycles. The van der Waals surface area contributed by atoms with Crippen LogP contribution in [0.15, 0.2) is 22.7 Å². The van der Waals surface area contributed by atoms with Crippen molar-refractivity contribution in [3.63, 3.8) is 0 Å². The molecule has 1 aliphatic heterocycles. The lowest BCUT2D eigenvalue weighted by molar-refractivity contribution is 0.0276. The van der Waals surface area contributed by atoms with Crippen molar-refractivity contribution >= 4 is 22.2 Å². The fourth-order valence-electron chi connectivity index (χ4n) is 1.67. The van der Waals surface area contributed by atoms with Crippen LogP contribution in [-0.2, 0) is 4.74 Å². The summed E-state index contributed by atoms with van der Waals surface area (Å²) in [5.74, 6) is 0. The van der Waals surface area contributed by atoms with E-state index in [0.717, 1.165) is 29.4 Å². The van der Waals surface area contributed by atoms with Crippen molar-refractivity contribution in [3.05, 3.63) is 33.8 Å². The van der Waals surface area contributed by atoms with Gasteiger partial charge in [0.05, 0.1) is 12.7 Å². The molecule has 1 aromatic carbocycles. The summed E-state index contributed by atoms with van der Waals surface area (Å²) in [6, 6.07) is 5.66. The van der Waals surface area contributed by atoms with Gasteiger partial charge in [-0.15, -0.1) is 0 Å². The van der Waals surface area contributed by atoms with E-state index in [-0.39, 0.29) is 6.10 Å². The zero-order valence-electron chi connectivity index (χ0n) is 8.20. The molecule has 80 valence electrons. The minimum absolute atomic E-state index is 0.0509. The third-order valence-corrected chi connectivity index (χ3v) is 2.84. The van der Waals surface area contributed by atoms with Gasteiger partial charge in [-0.2, -0.15) is 0 Å². The predicted octanol–water partition coefficient (Wildman–Crippen LogP) is 1.92. The first-order valence-electron chi connectivity index (χ1n) is 4.87. The summed E-state index contributed by atoms with van der Waals surface area (Å²) in [5, 5.41) is 3.26. The molecule has 0 aliphatic carbocycles. The van der Waals surface area contributed by atoms with E-state index in [1.165, 1.54) is 0 Å². The van der Waals surface area contributed by atoms with Gasteiger partial charge in [-0.3, -0.25) is 4.79 Å². The first kappa shape index (κ1) is 10.8. The third-order valence-electron chi connectivity index (χ3n) is 2.38. The lowest BCUT2D eigenvalue weighted by Gasteiger charge is -2.24. The van der Waals surface area contributed by atoms with Gasteiger partial charge >= 0.3 is 0 Å². The number of carbonyl (C=O) groups is 1. The Bertz CT molecular complexity index is 362. The Morgan fingerprint density at radius 3 is 3.00 bits per heavy atom. The largest absolute Gasteiger partial charge is 0.371 e. The number of aldehydes is 1. The highest BCUT2D eigenvalue weighted by Gasteiger charge is 2.16. The maximum absolute atomic E-state index is 10.7. The number of ether oxygens (including phenoxy) is 1. The van der Waals surface area contributed by atoms with Crippen molar-refractivity contribution in [3.8, 4) is 0 Å². The van der Waals surface area contributed by atoms with Gasteiger partial charge in [0.15, 0.2) is 0 Å². The monoisotopic (exact) mass is 269 g/mol. The molecule has 0 radical (unpaired) electrons. The average molecular weight is 270 g/mol. The van der Waals surface area contributed by atoms with Crippen molar-refractivity contribution in [1.29, 1.82) is 0 Å². The normalized spacial score (nSPS) is 21.3. The second-order valence-electron chi connectivity index (χ2n) is 3.50. The van der Waals surface area contributed by atoms with Gasteiger partial charge < -0.3 is 10.1 Å². The summed E-state index contributed by atoms with van der Waals surface area (Å²) in [4.78, 5) is 10.7. The molecular formula is C11H12BrNO2. The van der Waals surface area contributed by atoms with Gasteiger partial charge in [0.25, 0.3) is 0 Å². The average Bonchev–Trinajstić information content (AvgIpc) is 2.29. The Hall–Kier alpha value is -0.710. The van der Waals surface area contributed by atoms with E-state index < -0.39 is 0 Å². The topological polar surface area (TPSA) is 38.3 Å². The van der Waals surface area contributed by atoms with Crippen LogP contribution >= 0.6 is 15.9 Å². The van der Waals surface area contributed by atoms with Crippen LogP contribution in [0.1, 0.15) is 22.0 Å².